The predicted molar refractivity (Wildman–Crippen MR) is 362 cm³/mol. The molecule has 0 aromatic rings. The quantitative estimate of drug-likeness (QED) is 0.0261. The lowest BCUT2D eigenvalue weighted by atomic mass is 10.0. The topological polar surface area (TPSA) is 78.9 Å². The van der Waals surface area contributed by atoms with Gasteiger partial charge in [-0.15, -0.1) is 0 Å². The summed E-state index contributed by atoms with van der Waals surface area (Å²) in [6, 6.07) is 0. The second kappa shape index (κ2) is 69.5. The zero-order valence-electron chi connectivity index (χ0n) is 53.7. The van der Waals surface area contributed by atoms with Crippen LogP contribution in [-0.4, -0.2) is 37.2 Å². The van der Waals surface area contributed by atoms with Gasteiger partial charge < -0.3 is 14.2 Å². The van der Waals surface area contributed by atoms with Crippen LogP contribution in [0.1, 0.15) is 290 Å². The Morgan fingerprint density at radius 3 is 0.795 bits per heavy atom. The lowest BCUT2D eigenvalue weighted by Gasteiger charge is -2.18. The van der Waals surface area contributed by atoms with Crippen molar-refractivity contribution in [2.24, 2.45) is 0 Å². The van der Waals surface area contributed by atoms with Crippen LogP contribution in [0.3, 0.4) is 0 Å². The summed E-state index contributed by atoms with van der Waals surface area (Å²) in [6.07, 6.45) is 101. The minimum absolute atomic E-state index is 0.115. The summed E-state index contributed by atoms with van der Waals surface area (Å²) in [5.74, 6) is -1.01. The first kappa shape index (κ1) is 78.0. The van der Waals surface area contributed by atoms with E-state index in [0.717, 1.165) is 122 Å². The first-order valence-corrected chi connectivity index (χ1v) is 34.0. The molecule has 0 aliphatic heterocycles. The zero-order valence-corrected chi connectivity index (χ0v) is 53.7. The van der Waals surface area contributed by atoms with E-state index in [-0.39, 0.29) is 44.0 Å². The maximum absolute atomic E-state index is 12.9. The number of carbonyl (C=O) groups excluding carboxylic acids is 3. The van der Waals surface area contributed by atoms with Gasteiger partial charge in [0.25, 0.3) is 0 Å². The average Bonchev–Trinajstić information content (AvgIpc) is 3.49. The molecule has 83 heavy (non-hydrogen) atoms. The Bertz CT molecular complexity index is 1840. The molecule has 0 bridgehead atoms. The molecule has 0 fully saturated rings. The molecule has 1 atom stereocenters. The predicted octanol–water partition coefficient (Wildman–Crippen LogP) is 23.7. The number of ether oxygens (including phenoxy) is 3. The largest absolute Gasteiger partial charge is 0.462 e. The highest BCUT2D eigenvalue weighted by atomic mass is 16.6. The summed E-state index contributed by atoms with van der Waals surface area (Å²) in [4.78, 5) is 38.4. The van der Waals surface area contributed by atoms with E-state index in [4.69, 9.17) is 14.2 Å². The van der Waals surface area contributed by atoms with Gasteiger partial charge >= 0.3 is 17.9 Å². The molecule has 0 aromatic carbocycles. The molecule has 468 valence electrons. The van der Waals surface area contributed by atoms with Crippen LogP contribution in [0.2, 0.25) is 0 Å². The van der Waals surface area contributed by atoms with Gasteiger partial charge in [0.2, 0.25) is 0 Å². The smallest absolute Gasteiger partial charge is 0.306 e. The maximum atomic E-state index is 12.9. The fourth-order valence-corrected chi connectivity index (χ4v) is 8.98. The molecule has 0 spiro atoms. The van der Waals surface area contributed by atoms with E-state index < -0.39 is 6.10 Å². The lowest BCUT2D eigenvalue weighted by molar-refractivity contribution is -0.167. The van der Waals surface area contributed by atoms with Crippen LogP contribution in [0.25, 0.3) is 0 Å². The Labute approximate surface area is 511 Å². The van der Waals surface area contributed by atoms with E-state index in [0.29, 0.717) is 19.3 Å². The van der Waals surface area contributed by atoms with E-state index in [1.54, 1.807) is 0 Å². The van der Waals surface area contributed by atoms with Crippen molar-refractivity contribution in [2.45, 2.75) is 297 Å². The number of esters is 3. The summed E-state index contributed by atoms with van der Waals surface area (Å²) < 4.78 is 16.9. The number of hydrogen-bond donors (Lipinski definition) is 0. The third-order valence-corrected chi connectivity index (χ3v) is 14.0. The van der Waals surface area contributed by atoms with E-state index in [2.05, 4.69) is 179 Å². The van der Waals surface area contributed by atoms with E-state index in [9.17, 15) is 14.4 Å². The van der Waals surface area contributed by atoms with E-state index >= 15 is 0 Å². The number of rotatable bonds is 60. The van der Waals surface area contributed by atoms with Crippen LogP contribution < -0.4 is 0 Å². The van der Waals surface area contributed by atoms with Crippen LogP contribution in [0.5, 0.6) is 0 Å². The summed E-state index contributed by atoms with van der Waals surface area (Å²) in [7, 11) is 0. The minimum Gasteiger partial charge on any atom is -0.462 e. The third kappa shape index (κ3) is 67.7. The molecular weight excluding hydrogens is 1020 g/mol. The van der Waals surface area contributed by atoms with Crippen molar-refractivity contribution in [3.63, 3.8) is 0 Å². The van der Waals surface area contributed by atoms with Gasteiger partial charge in [0, 0.05) is 19.3 Å². The normalized spacial score (nSPS) is 13.1. The van der Waals surface area contributed by atoms with Crippen molar-refractivity contribution < 1.29 is 28.6 Å². The molecule has 0 saturated carbocycles. The second-order valence-corrected chi connectivity index (χ2v) is 22.0. The highest BCUT2D eigenvalue weighted by Crippen LogP contribution is 2.15. The third-order valence-electron chi connectivity index (χ3n) is 14.0. The molecule has 0 aromatic heterocycles. The Balaban J connectivity index is 4.43. The summed E-state index contributed by atoms with van der Waals surface area (Å²) in [5, 5.41) is 0. The van der Waals surface area contributed by atoms with Crippen molar-refractivity contribution in [3.8, 4) is 0 Å². The first-order chi connectivity index (χ1) is 41.0. The van der Waals surface area contributed by atoms with Gasteiger partial charge in [-0.05, 0) is 141 Å². The molecule has 0 aliphatic carbocycles. The molecule has 6 heteroatoms. The van der Waals surface area contributed by atoms with Gasteiger partial charge in [0.15, 0.2) is 6.10 Å². The molecule has 0 saturated heterocycles. The number of hydrogen-bond acceptors (Lipinski definition) is 6. The molecule has 0 aliphatic rings. The van der Waals surface area contributed by atoms with Crippen molar-refractivity contribution in [2.75, 3.05) is 13.2 Å². The van der Waals surface area contributed by atoms with Crippen LogP contribution in [-0.2, 0) is 28.6 Å². The number of allylic oxidation sites excluding steroid dienone is 26. The Hall–Kier alpha value is -4.97. The molecule has 0 N–H and O–H groups in total. The van der Waals surface area contributed by atoms with Crippen molar-refractivity contribution in [1.82, 2.24) is 0 Å². The highest BCUT2D eigenvalue weighted by molar-refractivity contribution is 5.71. The summed E-state index contributed by atoms with van der Waals surface area (Å²) >= 11 is 0. The van der Waals surface area contributed by atoms with Crippen molar-refractivity contribution in [3.05, 3.63) is 158 Å². The average molecular weight is 1150 g/mol. The molecule has 6 nitrogen and oxygen atoms in total. The Kier molecular flexibility index (Phi) is 65.4. The highest BCUT2D eigenvalue weighted by Gasteiger charge is 2.19. The van der Waals surface area contributed by atoms with Crippen molar-refractivity contribution >= 4 is 17.9 Å². The summed E-state index contributed by atoms with van der Waals surface area (Å²) in [5.41, 5.74) is 0. The fraction of sp³-hybridized carbons (Fsp3) is 0.623. The standard InChI is InChI=1S/C77H124O6/c1-4-7-10-13-16-19-22-25-28-31-33-34-35-36-37-38-39-40-41-42-44-46-49-52-55-58-61-64-67-70-76(79)82-73-74(72-81-75(78)69-66-63-60-57-54-51-48-45-30-27-24-21-18-15-12-9-6-3)83-77(80)71-68-65-62-59-56-53-50-47-43-32-29-26-23-20-17-14-11-8-5-2/h8-9,11-12,17-18,20-22,25-27,29-31,33,35-36,43,47-48,51,53,56-57,60,74H,4-7,10,13-16,19,23-24,28,32,34,37-42,44-46,49-50,52,54-55,58-59,61-73H2,1-3H3/b11-8-,12-9-,20-17-,21-18-,25-22-,29-26-,30-27-,33-31-,36-35-,47-43-,51-48-,56-53-,60-57-. The Morgan fingerprint density at radius 1 is 0.253 bits per heavy atom. The van der Waals surface area contributed by atoms with Gasteiger partial charge in [-0.2, -0.15) is 0 Å². The van der Waals surface area contributed by atoms with Gasteiger partial charge in [-0.25, -0.2) is 0 Å². The fourth-order valence-electron chi connectivity index (χ4n) is 8.98. The molecular formula is C77H124O6. The second-order valence-electron chi connectivity index (χ2n) is 22.0. The molecule has 0 rings (SSSR count). The molecule has 0 amide bonds. The maximum Gasteiger partial charge on any atom is 0.306 e. The summed E-state index contributed by atoms with van der Waals surface area (Å²) in [6.45, 7) is 6.33. The number of carbonyl (C=O) groups is 3. The monoisotopic (exact) mass is 1140 g/mol. The van der Waals surface area contributed by atoms with Crippen LogP contribution in [0, 0.1) is 0 Å². The van der Waals surface area contributed by atoms with Crippen molar-refractivity contribution in [1.29, 1.82) is 0 Å². The van der Waals surface area contributed by atoms with E-state index in [1.807, 2.05) is 0 Å². The van der Waals surface area contributed by atoms with Crippen LogP contribution >= 0.6 is 0 Å². The minimum atomic E-state index is -0.828. The number of unbranched alkanes of at least 4 members (excludes halogenated alkanes) is 23. The van der Waals surface area contributed by atoms with Crippen LogP contribution in [0.4, 0.5) is 0 Å². The van der Waals surface area contributed by atoms with Gasteiger partial charge in [-0.3, -0.25) is 14.4 Å². The van der Waals surface area contributed by atoms with Gasteiger partial charge in [-0.1, -0.05) is 288 Å². The first-order valence-electron chi connectivity index (χ1n) is 34.0. The van der Waals surface area contributed by atoms with E-state index in [1.165, 1.54) is 116 Å². The zero-order chi connectivity index (χ0) is 59.9. The molecule has 0 heterocycles. The molecule has 0 radical (unpaired) electrons. The Morgan fingerprint density at radius 2 is 0.482 bits per heavy atom. The van der Waals surface area contributed by atoms with Gasteiger partial charge in [0.1, 0.15) is 13.2 Å². The van der Waals surface area contributed by atoms with Gasteiger partial charge in [0.05, 0.1) is 0 Å². The SMILES string of the molecule is CC/C=C\C/C=C\C/C=C\C/C=C\C/C=C\CCCCCC(=O)OC(COC(=O)CCC/C=C\C/C=C\C/C=C\C/C=C\C/C=C\CC)COC(=O)CCCCCCCCCCCCCCCC/C=C\C/C=C\C/C=C\CCCCCCC. The lowest BCUT2D eigenvalue weighted by Crippen LogP contribution is -2.30. The molecule has 1 unspecified atom stereocenters. The van der Waals surface area contributed by atoms with Crippen LogP contribution in [0.15, 0.2) is 158 Å².